The molecule has 8 heavy (non-hydrogen) atoms. The minimum atomic E-state index is -0.632. The number of rotatable bonds is 3. The quantitative estimate of drug-likeness (QED) is 0.428. The van der Waals surface area contributed by atoms with Gasteiger partial charge in [0.1, 0.15) is 0 Å². The Morgan fingerprint density at radius 2 is 2.00 bits per heavy atom. The van der Waals surface area contributed by atoms with E-state index in [1.165, 1.54) is 12.2 Å². The van der Waals surface area contributed by atoms with Crippen molar-refractivity contribution in [3.63, 3.8) is 0 Å². The van der Waals surface area contributed by atoms with Crippen LogP contribution in [0, 0.1) is 0 Å². The van der Waals surface area contributed by atoms with Crippen molar-refractivity contribution in [2.75, 3.05) is 0 Å². The summed E-state index contributed by atoms with van der Waals surface area (Å²) in [7, 11) is 0. The molecule has 1 heteroatoms. The van der Waals surface area contributed by atoms with Gasteiger partial charge in [0.15, 0.2) is 0 Å². The molecule has 0 fully saturated rings. The standard InChI is InChI=1S/C7H10O/c1-4-6(3)7(8)5-2/h4-5,7-8H,1-3H2. The molecule has 0 aliphatic heterocycles. The van der Waals surface area contributed by atoms with E-state index in [4.69, 9.17) is 5.11 Å². The van der Waals surface area contributed by atoms with Crippen molar-refractivity contribution in [3.05, 3.63) is 37.5 Å². The zero-order chi connectivity index (χ0) is 6.57. The molecular formula is C7H10O. The van der Waals surface area contributed by atoms with E-state index in [1.54, 1.807) is 0 Å². The molecule has 0 bridgehead atoms. The summed E-state index contributed by atoms with van der Waals surface area (Å²) in [5.41, 5.74) is 0.583. The first-order valence-electron chi connectivity index (χ1n) is 2.34. The number of hydrogen-bond acceptors (Lipinski definition) is 1. The summed E-state index contributed by atoms with van der Waals surface area (Å²) in [5.74, 6) is 0. The highest BCUT2D eigenvalue weighted by Crippen LogP contribution is 1.98. The maximum absolute atomic E-state index is 8.84. The highest BCUT2D eigenvalue weighted by Gasteiger charge is 1.95. The lowest BCUT2D eigenvalue weighted by molar-refractivity contribution is 0.264. The molecule has 0 aromatic rings. The van der Waals surface area contributed by atoms with Gasteiger partial charge in [0.2, 0.25) is 0 Å². The maximum atomic E-state index is 8.84. The van der Waals surface area contributed by atoms with Crippen LogP contribution in [0.25, 0.3) is 0 Å². The fourth-order valence-corrected chi connectivity index (χ4v) is 0.272. The van der Waals surface area contributed by atoms with Gasteiger partial charge in [-0.15, -0.1) is 6.58 Å². The summed E-state index contributed by atoms with van der Waals surface area (Å²) >= 11 is 0. The third-order valence-electron chi connectivity index (χ3n) is 0.865. The predicted molar refractivity (Wildman–Crippen MR) is 35.5 cm³/mol. The van der Waals surface area contributed by atoms with Gasteiger partial charge >= 0.3 is 0 Å². The van der Waals surface area contributed by atoms with Crippen LogP contribution in [-0.4, -0.2) is 11.2 Å². The average molecular weight is 110 g/mol. The van der Waals surface area contributed by atoms with E-state index in [0.29, 0.717) is 5.57 Å². The average Bonchev–Trinajstić information content (AvgIpc) is 1.84. The third-order valence-corrected chi connectivity index (χ3v) is 0.865. The van der Waals surface area contributed by atoms with Crippen LogP contribution >= 0.6 is 0 Å². The van der Waals surface area contributed by atoms with Crippen molar-refractivity contribution in [1.29, 1.82) is 0 Å². The SMILES string of the molecule is C=CC(=C)C(O)C=C. The van der Waals surface area contributed by atoms with Gasteiger partial charge in [0, 0.05) is 0 Å². The van der Waals surface area contributed by atoms with Crippen LogP contribution in [0.5, 0.6) is 0 Å². The molecule has 0 radical (unpaired) electrons. The molecule has 0 aromatic carbocycles. The minimum absolute atomic E-state index is 0.583. The van der Waals surface area contributed by atoms with Gasteiger partial charge in [-0.2, -0.15) is 0 Å². The van der Waals surface area contributed by atoms with Gasteiger partial charge in [0.05, 0.1) is 6.10 Å². The summed E-state index contributed by atoms with van der Waals surface area (Å²) in [5, 5.41) is 8.84. The summed E-state index contributed by atoms with van der Waals surface area (Å²) in [6.45, 7) is 10.3. The van der Waals surface area contributed by atoms with E-state index in [9.17, 15) is 0 Å². The predicted octanol–water partition coefficient (Wildman–Crippen LogP) is 1.28. The molecule has 0 heterocycles. The van der Waals surface area contributed by atoms with E-state index in [-0.39, 0.29) is 0 Å². The summed E-state index contributed by atoms with van der Waals surface area (Å²) < 4.78 is 0. The molecule has 0 aliphatic rings. The van der Waals surface area contributed by atoms with Crippen molar-refractivity contribution in [3.8, 4) is 0 Å². The zero-order valence-electron chi connectivity index (χ0n) is 4.80. The molecule has 0 amide bonds. The second-order valence-corrected chi connectivity index (χ2v) is 1.46. The molecule has 1 unspecified atom stereocenters. The van der Waals surface area contributed by atoms with E-state index in [1.807, 2.05) is 0 Å². The summed E-state index contributed by atoms with van der Waals surface area (Å²) in [4.78, 5) is 0. The number of aliphatic hydroxyl groups excluding tert-OH is 1. The Bertz CT molecular complexity index is 114. The van der Waals surface area contributed by atoms with E-state index < -0.39 is 6.10 Å². The van der Waals surface area contributed by atoms with Gasteiger partial charge in [-0.05, 0) is 5.57 Å². The lowest BCUT2D eigenvalue weighted by Gasteiger charge is -2.00. The van der Waals surface area contributed by atoms with Crippen LogP contribution in [0.4, 0.5) is 0 Å². The largest absolute Gasteiger partial charge is 0.384 e. The van der Waals surface area contributed by atoms with Crippen molar-refractivity contribution < 1.29 is 5.11 Å². The van der Waals surface area contributed by atoms with Crippen LogP contribution in [0.1, 0.15) is 0 Å². The smallest absolute Gasteiger partial charge is 0.0963 e. The Kier molecular flexibility index (Phi) is 2.89. The monoisotopic (exact) mass is 110 g/mol. The van der Waals surface area contributed by atoms with E-state index in [2.05, 4.69) is 19.7 Å². The molecule has 0 saturated carbocycles. The third kappa shape index (κ3) is 1.76. The van der Waals surface area contributed by atoms with Crippen LogP contribution in [0.15, 0.2) is 37.5 Å². The van der Waals surface area contributed by atoms with E-state index >= 15 is 0 Å². The van der Waals surface area contributed by atoms with Crippen molar-refractivity contribution in [2.24, 2.45) is 0 Å². The van der Waals surface area contributed by atoms with Gasteiger partial charge in [-0.1, -0.05) is 25.3 Å². The van der Waals surface area contributed by atoms with Crippen LogP contribution in [0.3, 0.4) is 0 Å². The second kappa shape index (κ2) is 3.22. The molecule has 1 atom stereocenters. The highest BCUT2D eigenvalue weighted by atomic mass is 16.3. The zero-order valence-corrected chi connectivity index (χ0v) is 4.80. The van der Waals surface area contributed by atoms with Crippen molar-refractivity contribution in [2.45, 2.75) is 6.10 Å². The number of aliphatic hydroxyl groups is 1. The fourth-order valence-electron chi connectivity index (χ4n) is 0.272. The Balaban J connectivity index is 3.80. The molecule has 1 N–H and O–H groups in total. The van der Waals surface area contributed by atoms with Gasteiger partial charge in [-0.25, -0.2) is 0 Å². The molecule has 0 spiro atoms. The molecule has 0 aromatic heterocycles. The first-order chi connectivity index (χ1) is 3.72. The Morgan fingerprint density at radius 3 is 2.12 bits per heavy atom. The van der Waals surface area contributed by atoms with Gasteiger partial charge < -0.3 is 5.11 Å². The highest BCUT2D eigenvalue weighted by molar-refractivity contribution is 5.20. The lowest BCUT2D eigenvalue weighted by Crippen LogP contribution is -2.01. The fraction of sp³-hybridized carbons (Fsp3) is 0.143. The normalized spacial score (nSPS) is 12.1. The van der Waals surface area contributed by atoms with Crippen LogP contribution in [0.2, 0.25) is 0 Å². The van der Waals surface area contributed by atoms with Gasteiger partial charge in [-0.3, -0.25) is 0 Å². The van der Waals surface area contributed by atoms with Crippen molar-refractivity contribution >= 4 is 0 Å². The van der Waals surface area contributed by atoms with Crippen molar-refractivity contribution in [1.82, 2.24) is 0 Å². The van der Waals surface area contributed by atoms with Gasteiger partial charge in [0.25, 0.3) is 0 Å². The topological polar surface area (TPSA) is 20.2 Å². The first kappa shape index (κ1) is 7.18. The first-order valence-corrected chi connectivity index (χ1v) is 2.34. The maximum Gasteiger partial charge on any atom is 0.0963 e. The molecule has 44 valence electrons. The Morgan fingerprint density at radius 1 is 1.50 bits per heavy atom. The Hall–Kier alpha value is -0.820. The summed E-state index contributed by atoms with van der Waals surface area (Å²) in [6.07, 6.45) is 2.28. The molecule has 0 aliphatic carbocycles. The minimum Gasteiger partial charge on any atom is -0.384 e. The molecule has 1 nitrogen and oxygen atoms in total. The molecule has 0 rings (SSSR count). The second-order valence-electron chi connectivity index (χ2n) is 1.46. The Labute approximate surface area is 49.7 Å². The summed E-state index contributed by atoms with van der Waals surface area (Å²) in [6, 6.07) is 0. The van der Waals surface area contributed by atoms with E-state index in [0.717, 1.165) is 0 Å². The lowest BCUT2D eigenvalue weighted by atomic mass is 10.2. The van der Waals surface area contributed by atoms with Crippen LogP contribution < -0.4 is 0 Å². The molecule has 0 saturated heterocycles. The number of hydrogen-bond donors (Lipinski definition) is 1. The van der Waals surface area contributed by atoms with Crippen LogP contribution in [-0.2, 0) is 0 Å². The molecular weight excluding hydrogens is 100 g/mol.